The Balaban J connectivity index is 0.00000108. The maximum atomic E-state index is 4.63. The molecule has 17 heavy (non-hydrogen) atoms. The Hall–Kier alpha value is -0.800. The zero-order valence-corrected chi connectivity index (χ0v) is 11.8. The van der Waals surface area contributed by atoms with Crippen LogP contribution in [0, 0.1) is 13.8 Å². The summed E-state index contributed by atoms with van der Waals surface area (Å²) in [6.07, 6.45) is 5.56. The van der Waals surface area contributed by atoms with Gasteiger partial charge in [0.05, 0.1) is 6.34 Å². The Labute approximate surface area is 112 Å². The summed E-state index contributed by atoms with van der Waals surface area (Å²) in [7, 11) is 0. The van der Waals surface area contributed by atoms with Crippen molar-refractivity contribution in [1.29, 1.82) is 0 Å². The average Bonchev–Trinajstić information content (AvgIpc) is 2.87. The minimum Gasteiger partial charge on any atom is -0.350 e. The zero-order valence-electron chi connectivity index (χ0n) is 10.1. The molecule has 1 aromatic heterocycles. The minimum absolute atomic E-state index is 0. The predicted molar refractivity (Wildman–Crippen MR) is 76.3 cm³/mol. The van der Waals surface area contributed by atoms with Gasteiger partial charge >= 0.3 is 0 Å². The number of halogens is 1. The lowest BCUT2D eigenvalue weighted by atomic mass is 10.00. The molecule has 0 spiro atoms. The molecule has 1 N–H and O–H groups in total. The molecule has 0 bridgehead atoms. The van der Waals surface area contributed by atoms with Gasteiger partial charge < -0.3 is 5.32 Å². The van der Waals surface area contributed by atoms with Gasteiger partial charge in [-0.05, 0) is 55.2 Å². The van der Waals surface area contributed by atoms with E-state index in [2.05, 4.69) is 29.5 Å². The quantitative estimate of drug-likeness (QED) is 0.821. The van der Waals surface area contributed by atoms with Gasteiger partial charge in [0.15, 0.2) is 0 Å². The molecule has 0 saturated heterocycles. The highest BCUT2D eigenvalue weighted by Crippen LogP contribution is 2.41. The lowest BCUT2D eigenvalue weighted by molar-refractivity contribution is 0.784. The van der Waals surface area contributed by atoms with Gasteiger partial charge in [0.2, 0.25) is 0 Å². The second-order valence-electron chi connectivity index (χ2n) is 4.59. The van der Waals surface area contributed by atoms with Gasteiger partial charge in [0, 0.05) is 10.6 Å². The van der Waals surface area contributed by atoms with E-state index in [1.54, 1.807) is 0 Å². The third kappa shape index (κ3) is 2.02. The van der Waals surface area contributed by atoms with E-state index in [9.17, 15) is 0 Å². The van der Waals surface area contributed by atoms with Crippen molar-refractivity contribution in [3.63, 3.8) is 0 Å². The summed E-state index contributed by atoms with van der Waals surface area (Å²) >= 11 is 1.86. The third-order valence-corrected chi connectivity index (χ3v) is 4.88. The smallest absolute Gasteiger partial charge is 0.109 e. The zero-order chi connectivity index (χ0) is 11.1. The first-order valence-corrected chi connectivity index (χ1v) is 6.70. The van der Waals surface area contributed by atoms with E-state index in [4.69, 9.17) is 0 Å². The highest BCUT2D eigenvalue weighted by atomic mass is 35.5. The van der Waals surface area contributed by atoms with E-state index in [0.29, 0.717) is 6.04 Å². The molecule has 1 unspecified atom stereocenters. The molecule has 92 valence electrons. The van der Waals surface area contributed by atoms with E-state index >= 15 is 0 Å². The number of thiophene rings is 1. The molecule has 1 aliphatic carbocycles. The number of hydrogen-bond acceptors (Lipinski definition) is 3. The van der Waals surface area contributed by atoms with Crippen molar-refractivity contribution in [2.75, 3.05) is 0 Å². The van der Waals surface area contributed by atoms with E-state index in [0.717, 1.165) is 0 Å². The fourth-order valence-electron chi connectivity index (χ4n) is 2.53. The molecule has 0 aromatic carbocycles. The highest BCUT2D eigenvalue weighted by molar-refractivity contribution is 7.10. The van der Waals surface area contributed by atoms with Crippen molar-refractivity contribution in [2.45, 2.75) is 39.2 Å². The van der Waals surface area contributed by atoms with Crippen LogP contribution in [0.25, 0.3) is 0 Å². The molecule has 1 aromatic rings. The molecular formula is C13H17ClN2S. The van der Waals surface area contributed by atoms with Crippen LogP contribution in [0.2, 0.25) is 0 Å². The van der Waals surface area contributed by atoms with E-state index in [1.807, 2.05) is 17.7 Å². The maximum absolute atomic E-state index is 4.63. The molecule has 4 heteroatoms. The van der Waals surface area contributed by atoms with Crippen LogP contribution in [0.4, 0.5) is 0 Å². The molecule has 2 heterocycles. The van der Waals surface area contributed by atoms with Crippen molar-refractivity contribution < 1.29 is 0 Å². The average molecular weight is 269 g/mol. The van der Waals surface area contributed by atoms with Gasteiger partial charge in [-0.1, -0.05) is 0 Å². The normalized spacial score (nSPS) is 22.1. The Morgan fingerprint density at radius 3 is 2.88 bits per heavy atom. The van der Waals surface area contributed by atoms with Crippen LogP contribution in [0.15, 0.2) is 21.6 Å². The van der Waals surface area contributed by atoms with Crippen molar-refractivity contribution >= 4 is 30.1 Å². The van der Waals surface area contributed by atoms with Crippen LogP contribution in [0.5, 0.6) is 0 Å². The second kappa shape index (κ2) is 4.83. The molecule has 2 nitrogen and oxygen atoms in total. The summed E-state index contributed by atoms with van der Waals surface area (Å²) in [4.78, 5) is 6.07. The number of hydrogen-bond donors (Lipinski definition) is 1. The minimum atomic E-state index is 0. The first-order valence-electron chi connectivity index (χ1n) is 5.82. The van der Waals surface area contributed by atoms with Crippen molar-refractivity contribution in [3.05, 3.63) is 32.7 Å². The molecular weight excluding hydrogens is 252 g/mol. The molecule has 0 fully saturated rings. The predicted octanol–water partition coefficient (Wildman–Crippen LogP) is 3.90. The Morgan fingerprint density at radius 1 is 1.35 bits per heavy atom. The van der Waals surface area contributed by atoms with Crippen molar-refractivity contribution in [2.24, 2.45) is 4.99 Å². The summed E-state index contributed by atoms with van der Waals surface area (Å²) in [6.45, 7) is 4.40. The van der Waals surface area contributed by atoms with Gasteiger partial charge in [0.1, 0.15) is 6.04 Å². The van der Waals surface area contributed by atoms with Crippen LogP contribution in [0.3, 0.4) is 0 Å². The largest absolute Gasteiger partial charge is 0.350 e. The molecule has 2 aliphatic rings. The molecule has 0 amide bonds. The first kappa shape index (κ1) is 12.7. The molecule has 1 atom stereocenters. The van der Waals surface area contributed by atoms with Crippen LogP contribution < -0.4 is 5.32 Å². The summed E-state index contributed by atoms with van der Waals surface area (Å²) < 4.78 is 0. The molecule has 0 saturated carbocycles. The number of aryl methyl sites for hydroxylation is 1. The molecule has 3 rings (SSSR count). The van der Waals surface area contributed by atoms with E-state index in [1.165, 1.54) is 46.5 Å². The van der Waals surface area contributed by atoms with Gasteiger partial charge in [-0.25, -0.2) is 0 Å². The number of nitrogens with zero attached hydrogens (tertiary/aromatic N) is 1. The maximum Gasteiger partial charge on any atom is 0.109 e. The van der Waals surface area contributed by atoms with Crippen molar-refractivity contribution in [3.8, 4) is 0 Å². The van der Waals surface area contributed by atoms with Crippen LogP contribution in [0.1, 0.15) is 41.3 Å². The van der Waals surface area contributed by atoms with Gasteiger partial charge in [0.25, 0.3) is 0 Å². The summed E-state index contributed by atoms with van der Waals surface area (Å²) in [6, 6.07) is 0.303. The fourth-order valence-corrected chi connectivity index (χ4v) is 3.68. The molecule has 0 radical (unpaired) electrons. The highest BCUT2D eigenvalue weighted by Gasteiger charge is 2.27. The van der Waals surface area contributed by atoms with E-state index < -0.39 is 0 Å². The number of rotatable bonds is 1. The standard InChI is InChI=1S/C13H16N2S.ClH/c1-8-6-16-13(9(8)2)12-10-4-3-5-11(10)14-7-15-12;/h6-7,12H,3-5H2,1-2H3,(H,14,15);1H. The van der Waals surface area contributed by atoms with Crippen LogP contribution in [-0.2, 0) is 0 Å². The number of allylic oxidation sites excluding steroid dienone is 1. The third-order valence-electron chi connectivity index (χ3n) is 3.63. The number of nitrogens with one attached hydrogen (secondary N) is 1. The Bertz CT molecular complexity index is 488. The first-order chi connectivity index (χ1) is 7.77. The van der Waals surface area contributed by atoms with Gasteiger partial charge in [-0.3, -0.25) is 4.99 Å². The Morgan fingerprint density at radius 2 is 2.18 bits per heavy atom. The lowest BCUT2D eigenvalue weighted by Gasteiger charge is -2.20. The van der Waals surface area contributed by atoms with Gasteiger partial charge in [-0.2, -0.15) is 0 Å². The Kier molecular flexibility index (Phi) is 3.59. The fraction of sp³-hybridized carbons (Fsp3) is 0.462. The van der Waals surface area contributed by atoms with E-state index in [-0.39, 0.29) is 12.4 Å². The monoisotopic (exact) mass is 268 g/mol. The SMILES string of the molecule is Cc1csc(C2N=CNC3=C2CCC3)c1C.Cl. The van der Waals surface area contributed by atoms with Crippen LogP contribution >= 0.6 is 23.7 Å². The second-order valence-corrected chi connectivity index (χ2v) is 5.50. The summed E-state index contributed by atoms with van der Waals surface area (Å²) in [5, 5.41) is 5.55. The summed E-state index contributed by atoms with van der Waals surface area (Å²) in [5.74, 6) is 0. The van der Waals surface area contributed by atoms with Gasteiger partial charge in [-0.15, -0.1) is 23.7 Å². The van der Waals surface area contributed by atoms with Crippen LogP contribution in [-0.4, -0.2) is 6.34 Å². The van der Waals surface area contributed by atoms with Crippen molar-refractivity contribution in [1.82, 2.24) is 5.32 Å². The molecule has 1 aliphatic heterocycles. The number of aliphatic imine (C=N–C) groups is 1. The lowest BCUT2D eigenvalue weighted by Crippen LogP contribution is -2.18. The summed E-state index contributed by atoms with van der Waals surface area (Å²) in [5.41, 5.74) is 5.76. The topological polar surface area (TPSA) is 24.4 Å².